The Morgan fingerprint density at radius 3 is 1.23 bits per heavy atom. The molecule has 0 bridgehead atoms. The van der Waals surface area contributed by atoms with Crippen LogP contribution in [0.4, 0.5) is 0 Å². The first kappa shape index (κ1) is 30.1. The number of hydrogen-bond acceptors (Lipinski definition) is 2. The summed E-state index contributed by atoms with van der Waals surface area (Å²) in [4.78, 5) is 0. The summed E-state index contributed by atoms with van der Waals surface area (Å²) in [5, 5.41) is 0. The first-order valence-corrected chi connectivity index (χ1v) is 16.1. The summed E-state index contributed by atoms with van der Waals surface area (Å²) in [5.41, 5.74) is 0. The third-order valence-corrected chi connectivity index (χ3v) is 10.1. The van der Waals surface area contributed by atoms with Crippen LogP contribution in [0.3, 0.4) is 0 Å². The quantitative estimate of drug-likeness (QED) is 0.109. The van der Waals surface area contributed by atoms with Crippen molar-refractivity contribution in [1.29, 1.82) is 0 Å². The summed E-state index contributed by atoms with van der Waals surface area (Å²) >= 11 is 0. The molecule has 0 rings (SSSR count). The van der Waals surface area contributed by atoms with E-state index >= 15 is 0 Å². The molecule has 0 spiro atoms. The van der Waals surface area contributed by atoms with E-state index in [1.807, 2.05) is 0 Å². The highest BCUT2D eigenvalue weighted by atomic mass is 28.4. The Morgan fingerprint density at radius 2 is 0.867 bits per heavy atom. The molecule has 2 nitrogen and oxygen atoms in total. The molecular weight excluding hydrogens is 384 g/mol. The van der Waals surface area contributed by atoms with Gasteiger partial charge in [0.2, 0.25) is 0 Å². The van der Waals surface area contributed by atoms with Crippen LogP contribution in [0.1, 0.15) is 144 Å². The second-order valence-electron chi connectivity index (χ2n) is 9.80. The standard InChI is InChI=1S/C27H58O2Si/c1-6-9-10-11-12-13-14-15-16-17-18-19-20-21-22-23-25-28-30(7-2,8-3)29-26-24-27(4)5/h27H,6-26H2,1-5H3. The van der Waals surface area contributed by atoms with Crippen LogP contribution in [-0.4, -0.2) is 21.8 Å². The third-order valence-electron chi connectivity index (χ3n) is 6.50. The summed E-state index contributed by atoms with van der Waals surface area (Å²) in [7, 11) is -1.92. The molecule has 0 aromatic rings. The topological polar surface area (TPSA) is 18.5 Å². The van der Waals surface area contributed by atoms with Gasteiger partial charge in [0, 0.05) is 13.2 Å². The van der Waals surface area contributed by atoms with Gasteiger partial charge >= 0.3 is 8.56 Å². The lowest BCUT2D eigenvalue weighted by Gasteiger charge is -2.29. The minimum Gasteiger partial charge on any atom is -0.394 e. The van der Waals surface area contributed by atoms with Gasteiger partial charge < -0.3 is 8.85 Å². The lowest BCUT2D eigenvalue weighted by Crippen LogP contribution is -2.41. The molecule has 0 fully saturated rings. The average molecular weight is 443 g/mol. The van der Waals surface area contributed by atoms with Crippen LogP contribution >= 0.6 is 0 Å². The van der Waals surface area contributed by atoms with Gasteiger partial charge in [-0.2, -0.15) is 0 Å². The van der Waals surface area contributed by atoms with Gasteiger partial charge in [0.25, 0.3) is 0 Å². The van der Waals surface area contributed by atoms with Crippen molar-refractivity contribution in [1.82, 2.24) is 0 Å². The zero-order valence-corrected chi connectivity index (χ0v) is 22.7. The fourth-order valence-electron chi connectivity index (χ4n) is 4.09. The highest BCUT2D eigenvalue weighted by Crippen LogP contribution is 2.21. The summed E-state index contributed by atoms with van der Waals surface area (Å²) in [5.74, 6) is 0.714. The van der Waals surface area contributed by atoms with Gasteiger partial charge in [-0.1, -0.05) is 131 Å². The molecule has 0 amide bonds. The van der Waals surface area contributed by atoms with Gasteiger partial charge in [-0.3, -0.25) is 0 Å². The van der Waals surface area contributed by atoms with Crippen molar-refractivity contribution in [2.45, 2.75) is 156 Å². The van der Waals surface area contributed by atoms with Crippen LogP contribution in [-0.2, 0) is 8.85 Å². The van der Waals surface area contributed by atoms with Crippen LogP contribution in [0.25, 0.3) is 0 Å². The SMILES string of the molecule is CCCCCCCCCCCCCCCCCCO[Si](CC)(CC)OCCC(C)C. The van der Waals surface area contributed by atoms with Gasteiger partial charge in [-0.15, -0.1) is 0 Å². The average Bonchev–Trinajstić information content (AvgIpc) is 2.74. The van der Waals surface area contributed by atoms with Crippen LogP contribution in [0, 0.1) is 5.92 Å². The van der Waals surface area contributed by atoms with E-state index in [-0.39, 0.29) is 0 Å². The van der Waals surface area contributed by atoms with Crippen LogP contribution in [0.2, 0.25) is 12.1 Å². The summed E-state index contributed by atoms with van der Waals surface area (Å²) < 4.78 is 12.6. The fourth-order valence-corrected chi connectivity index (χ4v) is 6.49. The smallest absolute Gasteiger partial charge is 0.337 e. The van der Waals surface area contributed by atoms with E-state index in [1.165, 1.54) is 103 Å². The Morgan fingerprint density at radius 1 is 0.500 bits per heavy atom. The van der Waals surface area contributed by atoms with Crippen molar-refractivity contribution in [3.05, 3.63) is 0 Å². The fraction of sp³-hybridized carbons (Fsp3) is 1.00. The van der Waals surface area contributed by atoms with Crippen LogP contribution in [0.5, 0.6) is 0 Å². The molecule has 0 saturated carbocycles. The van der Waals surface area contributed by atoms with E-state index in [0.717, 1.165) is 31.7 Å². The molecule has 0 atom stereocenters. The maximum absolute atomic E-state index is 6.35. The Labute approximate surface area is 192 Å². The molecule has 30 heavy (non-hydrogen) atoms. The summed E-state index contributed by atoms with van der Waals surface area (Å²) in [6, 6.07) is 2.17. The largest absolute Gasteiger partial charge is 0.394 e. The van der Waals surface area contributed by atoms with E-state index in [9.17, 15) is 0 Å². The van der Waals surface area contributed by atoms with Crippen LogP contribution in [0.15, 0.2) is 0 Å². The highest BCUT2D eigenvalue weighted by Gasteiger charge is 2.33. The van der Waals surface area contributed by atoms with Gasteiger partial charge in [0.05, 0.1) is 0 Å². The molecule has 0 aromatic heterocycles. The minimum atomic E-state index is -1.92. The van der Waals surface area contributed by atoms with Crippen molar-refractivity contribution < 1.29 is 8.85 Å². The van der Waals surface area contributed by atoms with Crippen molar-refractivity contribution in [3.8, 4) is 0 Å². The highest BCUT2D eigenvalue weighted by molar-refractivity contribution is 6.67. The van der Waals surface area contributed by atoms with Gasteiger partial charge in [0.1, 0.15) is 0 Å². The van der Waals surface area contributed by atoms with E-state index < -0.39 is 8.56 Å². The molecule has 0 radical (unpaired) electrons. The molecular formula is C27H58O2Si. The lowest BCUT2D eigenvalue weighted by atomic mass is 10.0. The first-order chi connectivity index (χ1) is 14.6. The zero-order chi connectivity index (χ0) is 22.3. The Bertz CT molecular complexity index is 329. The second kappa shape index (κ2) is 22.3. The van der Waals surface area contributed by atoms with Gasteiger partial charge in [-0.05, 0) is 30.8 Å². The molecule has 0 heterocycles. The number of hydrogen-bond donors (Lipinski definition) is 0. The van der Waals surface area contributed by atoms with Crippen LogP contribution < -0.4 is 0 Å². The molecule has 3 heteroatoms. The van der Waals surface area contributed by atoms with Crippen molar-refractivity contribution in [2.24, 2.45) is 5.92 Å². The molecule has 0 N–H and O–H groups in total. The van der Waals surface area contributed by atoms with Crippen molar-refractivity contribution in [3.63, 3.8) is 0 Å². The molecule has 0 unspecified atom stereocenters. The Balaban J connectivity index is 3.43. The van der Waals surface area contributed by atoms with Crippen molar-refractivity contribution in [2.75, 3.05) is 13.2 Å². The summed E-state index contributed by atoms with van der Waals surface area (Å²) in [6.07, 6.45) is 23.8. The molecule has 0 aliphatic carbocycles. The molecule has 182 valence electrons. The van der Waals surface area contributed by atoms with E-state index in [4.69, 9.17) is 8.85 Å². The van der Waals surface area contributed by atoms with E-state index in [2.05, 4.69) is 34.6 Å². The maximum atomic E-state index is 6.35. The predicted octanol–water partition coefficient (Wildman–Crippen LogP) is 9.81. The monoisotopic (exact) mass is 442 g/mol. The minimum absolute atomic E-state index is 0.714. The zero-order valence-electron chi connectivity index (χ0n) is 21.7. The molecule has 0 aliphatic heterocycles. The maximum Gasteiger partial charge on any atom is 0.337 e. The molecule has 0 aliphatic rings. The first-order valence-electron chi connectivity index (χ1n) is 13.9. The number of unbranched alkanes of at least 4 members (excludes halogenated alkanes) is 15. The number of rotatable bonds is 24. The second-order valence-corrected chi connectivity index (χ2v) is 13.6. The molecule has 0 aromatic carbocycles. The summed E-state index contributed by atoms with van der Waals surface area (Å²) in [6.45, 7) is 13.1. The Hall–Kier alpha value is 0.137. The lowest BCUT2D eigenvalue weighted by molar-refractivity contribution is 0.159. The van der Waals surface area contributed by atoms with Crippen molar-refractivity contribution >= 4 is 8.56 Å². The third kappa shape index (κ3) is 18.9. The van der Waals surface area contributed by atoms with E-state index in [0.29, 0.717) is 5.92 Å². The van der Waals surface area contributed by atoms with Gasteiger partial charge in [0.15, 0.2) is 0 Å². The Kier molecular flexibility index (Phi) is 22.4. The van der Waals surface area contributed by atoms with Gasteiger partial charge in [-0.25, -0.2) is 0 Å². The normalized spacial score (nSPS) is 12.2. The predicted molar refractivity (Wildman–Crippen MR) is 138 cm³/mol. The van der Waals surface area contributed by atoms with E-state index in [1.54, 1.807) is 0 Å². The molecule has 0 saturated heterocycles.